The highest BCUT2D eigenvalue weighted by Gasteiger charge is 2.18. The number of nitrogens with two attached hydrogens (primary N) is 1. The average Bonchev–Trinajstić information content (AvgIpc) is 3.07. The van der Waals surface area contributed by atoms with Crippen molar-refractivity contribution in [3.05, 3.63) is 56.3 Å². The van der Waals surface area contributed by atoms with Gasteiger partial charge in [0, 0.05) is 16.5 Å². The Morgan fingerprint density at radius 3 is 2.75 bits per heavy atom. The molecule has 2 rings (SSSR count). The molecule has 1 aromatic carbocycles. The van der Waals surface area contributed by atoms with Crippen LogP contribution in [0.2, 0.25) is 0 Å². The lowest BCUT2D eigenvalue weighted by Gasteiger charge is -2.12. The van der Waals surface area contributed by atoms with Crippen LogP contribution in [0.25, 0.3) is 0 Å². The molecule has 1 aromatic heterocycles. The Balaban J connectivity index is 2.02. The van der Waals surface area contributed by atoms with E-state index in [1.54, 1.807) is 11.3 Å². The van der Waals surface area contributed by atoms with Crippen molar-refractivity contribution >= 4 is 40.6 Å². The van der Waals surface area contributed by atoms with Gasteiger partial charge in [0.25, 0.3) is 5.69 Å². The molecule has 3 N–H and O–H groups in total. The molecule has 0 aliphatic carbocycles. The number of amides is 2. The van der Waals surface area contributed by atoms with Gasteiger partial charge >= 0.3 is 0 Å². The number of nitro groups is 1. The van der Waals surface area contributed by atoms with E-state index in [1.807, 2.05) is 24.4 Å². The molecule has 7 nitrogen and oxygen atoms in total. The lowest BCUT2D eigenvalue weighted by atomic mass is 10.2. The molecule has 0 fully saturated rings. The van der Waals surface area contributed by atoms with Crippen molar-refractivity contribution < 1.29 is 14.5 Å². The largest absolute Gasteiger partial charge is 0.366 e. The number of thiophene rings is 1. The van der Waals surface area contributed by atoms with Crippen LogP contribution < -0.4 is 11.1 Å². The molecular weight excluding hydrogens is 350 g/mol. The summed E-state index contributed by atoms with van der Waals surface area (Å²) in [5.41, 5.74) is 4.94. The van der Waals surface area contributed by atoms with Crippen molar-refractivity contribution in [3.63, 3.8) is 0 Å². The summed E-state index contributed by atoms with van der Waals surface area (Å²) in [7, 11) is 0. The van der Waals surface area contributed by atoms with Crippen LogP contribution in [0.5, 0.6) is 0 Å². The molecule has 0 spiro atoms. The minimum absolute atomic E-state index is 0.0342. The zero-order chi connectivity index (χ0) is 17.7. The lowest BCUT2D eigenvalue weighted by Crippen LogP contribution is -2.27. The van der Waals surface area contributed by atoms with Gasteiger partial charge in [-0.15, -0.1) is 23.1 Å². The highest BCUT2D eigenvalue weighted by atomic mass is 32.2. The number of benzene rings is 1. The quantitative estimate of drug-likeness (QED) is 0.445. The van der Waals surface area contributed by atoms with Gasteiger partial charge in [-0.25, -0.2) is 0 Å². The number of carbonyl (C=O) groups is 2. The first-order valence-electron chi connectivity index (χ1n) is 6.92. The fraction of sp³-hybridized carbons (Fsp3) is 0.200. The number of primary amides is 1. The number of hydrogen-bond acceptors (Lipinski definition) is 6. The molecule has 2 aromatic rings. The molecule has 0 saturated heterocycles. The van der Waals surface area contributed by atoms with E-state index in [1.165, 1.54) is 12.1 Å². The lowest BCUT2D eigenvalue weighted by molar-refractivity contribution is -0.387. The summed E-state index contributed by atoms with van der Waals surface area (Å²) in [6.07, 6.45) is 0. The van der Waals surface area contributed by atoms with Gasteiger partial charge in [0.2, 0.25) is 11.8 Å². The van der Waals surface area contributed by atoms with Crippen molar-refractivity contribution in [1.29, 1.82) is 0 Å². The third-order valence-corrected chi connectivity index (χ3v) is 5.26. The Labute approximate surface area is 146 Å². The summed E-state index contributed by atoms with van der Waals surface area (Å²) in [5.74, 6) is -0.932. The molecule has 2 amide bonds. The molecule has 1 atom stereocenters. The summed E-state index contributed by atoms with van der Waals surface area (Å²) in [6, 6.07) is 7.67. The summed E-state index contributed by atoms with van der Waals surface area (Å²) in [5, 5.41) is 15.9. The van der Waals surface area contributed by atoms with Crippen molar-refractivity contribution in [1.82, 2.24) is 5.32 Å². The molecule has 24 heavy (non-hydrogen) atoms. The standard InChI is InChI=1S/C15H15N3O4S2/c1-9(12-3-2-6-23-12)17-14(19)8-24-13-5-4-10(15(16)20)7-11(13)18(21)22/h2-7,9H,8H2,1H3,(H2,16,20)(H,17,19). The summed E-state index contributed by atoms with van der Waals surface area (Å²) in [6.45, 7) is 1.87. The fourth-order valence-electron chi connectivity index (χ4n) is 1.97. The zero-order valence-electron chi connectivity index (χ0n) is 12.7. The molecule has 0 saturated carbocycles. The van der Waals surface area contributed by atoms with Crippen LogP contribution in [0, 0.1) is 10.1 Å². The minimum Gasteiger partial charge on any atom is -0.366 e. The van der Waals surface area contributed by atoms with E-state index < -0.39 is 10.8 Å². The van der Waals surface area contributed by atoms with Crippen LogP contribution in [0.15, 0.2) is 40.6 Å². The van der Waals surface area contributed by atoms with Crippen LogP contribution >= 0.6 is 23.1 Å². The third-order valence-electron chi connectivity index (χ3n) is 3.15. The topological polar surface area (TPSA) is 115 Å². The summed E-state index contributed by atoms with van der Waals surface area (Å²) < 4.78 is 0. The Hall–Kier alpha value is -2.39. The maximum Gasteiger partial charge on any atom is 0.283 e. The van der Waals surface area contributed by atoms with Gasteiger partial charge in [0.05, 0.1) is 21.6 Å². The van der Waals surface area contributed by atoms with E-state index in [9.17, 15) is 19.7 Å². The minimum atomic E-state index is -0.739. The Bertz CT molecular complexity index is 762. The maximum absolute atomic E-state index is 12.0. The smallest absolute Gasteiger partial charge is 0.283 e. The van der Waals surface area contributed by atoms with E-state index in [0.717, 1.165) is 22.7 Å². The molecule has 126 valence electrons. The monoisotopic (exact) mass is 365 g/mol. The second kappa shape index (κ2) is 7.93. The number of carbonyl (C=O) groups excluding carboxylic acids is 2. The second-order valence-electron chi connectivity index (χ2n) is 4.90. The molecule has 1 heterocycles. The molecule has 0 radical (unpaired) electrons. The first-order chi connectivity index (χ1) is 11.4. The highest BCUT2D eigenvalue weighted by molar-refractivity contribution is 8.00. The van der Waals surface area contributed by atoms with Crippen molar-refractivity contribution in [2.24, 2.45) is 5.73 Å². The zero-order valence-corrected chi connectivity index (χ0v) is 14.4. The van der Waals surface area contributed by atoms with E-state index in [0.29, 0.717) is 4.90 Å². The summed E-state index contributed by atoms with van der Waals surface area (Å²) in [4.78, 5) is 35.0. The normalized spacial score (nSPS) is 11.7. The Kier molecular flexibility index (Phi) is 5.93. The third kappa shape index (κ3) is 4.56. The van der Waals surface area contributed by atoms with E-state index >= 15 is 0 Å². The van der Waals surface area contributed by atoms with Gasteiger partial charge in [0.15, 0.2) is 0 Å². The van der Waals surface area contributed by atoms with Crippen LogP contribution in [0.1, 0.15) is 28.2 Å². The van der Waals surface area contributed by atoms with Gasteiger partial charge < -0.3 is 11.1 Å². The Morgan fingerprint density at radius 1 is 1.42 bits per heavy atom. The van der Waals surface area contributed by atoms with Crippen LogP contribution in [-0.4, -0.2) is 22.5 Å². The van der Waals surface area contributed by atoms with Gasteiger partial charge in [-0.2, -0.15) is 0 Å². The molecular formula is C15H15N3O4S2. The molecule has 0 aliphatic heterocycles. The first kappa shape index (κ1) is 18.0. The van der Waals surface area contributed by atoms with E-state index in [4.69, 9.17) is 5.73 Å². The number of hydrogen-bond donors (Lipinski definition) is 2. The van der Waals surface area contributed by atoms with Gasteiger partial charge in [0.1, 0.15) is 0 Å². The summed E-state index contributed by atoms with van der Waals surface area (Å²) >= 11 is 2.58. The molecule has 0 aliphatic rings. The molecule has 0 bridgehead atoms. The van der Waals surface area contributed by atoms with E-state index in [2.05, 4.69) is 5.32 Å². The first-order valence-corrected chi connectivity index (χ1v) is 8.79. The average molecular weight is 365 g/mol. The van der Waals surface area contributed by atoms with Gasteiger partial charge in [-0.1, -0.05) is 6.07 Å². The predicted octanol–water partition coefficient (Wildman–Crippen LogP) is 2.72. The second-order valence-corrected chi connectivity index (χ2v) is 6.89. The Morgan fingerprint density at radius 2 is 2.17 bits per heavy atom. The van der Waals surface area contributed by atoms with Crippen LogP contribution in [0.4, 0.5) is 5.69 Å². The number of nitrogens with zero attached hydrogens (tertiary/aromatic N) is 1. The van der Waals surface area contributed by atoms with Gasteiger partial charge in [-0.3, -0.25) is 19.7 Å². The van der Waals surface area contributed by atoms with Crippen molar-refractivity contribution in [2.45, 2.75) is 17.9 Å². The van der Waals surface area contributed by atoms with Gasteiger partial charge in [-0.05, 0) is 30.5 Å². The SMILES string of the molecule is CC(NC(=O)CSc1ccc(C(N)=O)cc1[N+](=O)[O-])c1cccs1. The molecule has 1 unspecified atom stereocenters. The molecule has 9 heteroatoms. The van der Waals surface area contributed by atoms with Crippen molar-refractivity contribution in [3.8, 4) is 0 Å². The van der Waals surface area contributed by atoms with E-state index in [-0.39, 0.29) is 29.0 Å². The number of nitro benzene ring substituents is 1. The predicted molar refractivity (Wildman–Crippen MR) is 93.2 cm³/mol. The number of thioether (sulfide) groups is 1. The number of rotatable bonds is 7. The van der Waals surface area contributed by atoms with Crippen molar-refractivity contribution in [2.75, 3.05) is 5.75 Å². The highest BCUT2D eigenvalue weighted by Crippen LogP contribution is 2.30. The number of nitrogens with one attached hydrogen (secondary N) is 1. The van der Waals surface area contributed by atoms with Crippen LogP contribution in [0.3, 0.4) is 0 Å². The maximum atomic E-state index is 12.0. The fourth-order valence-corrected chi connectivity index (χ4v) is 3.52. The van der Waals surface area contributed by atoms with Crippen LogP contribution in [-0.2, 0) is 4.79 Å².